The molecule has 0 atom stereocenters. The molecule has 0 spiro atoms. The van der Waals surface area contributed by atoms with E-state index in [1.807, 2.05) is 29.2 Å². The van der Waals surface area contributed by atoms with Crippen LogP contribution >= 0.6 is 11.6 Å². The van der Waals surface area contributed by atoms with Crippen molar-refractivity contribution in [3.63, 3.8) is 0 Å². The third kappa shape index (κ3) is 4.34. The summed E-state index contributed by atoms with van der Waals surface area (Å²) in [6.45, 7) is 1.70. The molecule has 0 saturated carbocycles. The van der Waals surface area contributed by atoms with Crippen molar-refractivity contribution in [2.45, 2.75) is 25.9 Å². The van der Waals surface area contributed by atoms with Crippen LogP contribution in [0.15, 0.2) is 36.4 Å². The Morgan fingerprint density at radius 3 is 2.52 bits per heavy atom. The molecule has 0 aromatic heterocycles. The molecule has 7 heteroatoms. The number of benzene rings is 2. The number of carbonyl (C=O) groups excluding carboxylic acids is 2. The van der Waals surface area contributed by atoms with Gasteiger partial charge in [0, 0.05) is 32.1 Å². The summed E-state index contributed by atoms with van der Waals surface area (Å²) in [6, 6.07) is 11.1. The van der Waals surface area contributed by atoms with Gasteiger partial charge in [-0.15, -0.1) is 0 Å². The van der Waals surface area contributed by atoms with E-state index in [2.05, 4.69) is 5.32 Å². The second-order valence-electron chi connectivity index (χ2n) is 6.45. The summed E-state index contributed by atoms with van der Waals surface area (Å²) in [5.74, 6) is 0.142. The topological polar surface area (TPSA) is 84.7 Å². The van der Waals surface area contributed by atoms with Crippen molar-refractivity contribution in [2.24, 2.45) is 0 Å². The molecule has 3 rings (SSSR count). The van der Waals surface area contributed by atoms with Crippen LogP contribution in [0.3, 0.4) is 0 Å². The zero-order valence-corrected chi connectivity index (χ0v) is 15.9. The number of nitrogens with one attached hydrogen (secondary N) is 1. The molecule has 1 aliphatic heterocycles. The number of ether oxygens (including phenoxy) is 1. The molecule has 2 aromatic rings. The predicted molar refractivity (Wildman–Crippen MR) is 105 cm³/mol. The lowest BCUT2D eigenvalue weighted by Crippen LogP contribution is -2.28. The van der Waals surface area contributed by atoms with Gasteiger partial charge in [-0.25, -0.2) is 0 Å². The fourth-order valence-electron chi connectivity index (χ4n) is 3.12. The number of anilines is 1. The van der Waals surface area contributed by atoms with Crippen LogP contribution in [-0.4, -0.2) is 30.4 Å². The molecule has 3 N–H and O–H groups in total. The minimum atomic E-state index is -0.310. The maximum atomic E-state index is 12.4. The molecule has 2 aromatic carbocycles. The highest BCUT2D eigenvalue weighted by atomic mass is 35.5. The highest BCUT2D eigenvalue weighted by molar-refractivity contribution is 6.33. The van der Waals surface area contributed by atoms with E-state index in [1.54, 1.807) is 0 Å². The molecule has 6 nitrogen and oxygen atoms in total. The van der Waals surface area contributed by atoms with Crippen LogP contribution in [0.25, 0.3) is 0 Å². The minimum absolute atomic E-state index is 0.0913. The van der Waals surface area contributed by atoms with Crippen LogP contribution in [0.4, 0.5) is 5.69 Å². The highest BCUT2D eigenvalue weighted by Gasteiger charge is 2.22. The quantitative estimate of drug-likeness (QED) is 0.589. The minimum Gasteiger partial charge on any atom is -0.496 e. The lowest BCUT2D eigenvalue weighted by atomic mass is 10.1. The monoisotopic (exact) mass is 387 g/mol. The van der Waals surface area contributed by atoms with E-state index in [0.717, 1.165) is 0 Å². The Balaban J connectivity index is 1.47. The average Bonchev–Trinajstić information content (AvgIpc) is 3.11. The van der Waals surface area contributed by atoms with Gasteiger partial charge in [0.2, 0.25) is 5.91 Å². The van der Waals surface area contributed by atoms with Gasteiger partial charge in [0.05, 0.1) is 23.4 Å². The first kappa shape index (κ1) is 19.0. The van der Waals surface area contributed by atoms with E-state index in [1.165, 1.54) is 30.4 Å². The van der Waals surface area contributed by atoms with Gasteiger partial charge in [0.25, 0.3) is 5.91 Å². The number of halogens is 1. The number of hydrogen-bond acceptors (Lipinski definition) is 4. The second kappa shape index (κ2) is 8.31. The molecule has 0 saturated heterocycles. The second-order valence-corrected chi connectivity index (χ2v) is 6.86. The molecule has 0 unspecified atom stereocenters. The molecular weight excluding hydrogens is 366 g/mol. The van der Waals surface area contributed by atoms with Crippen molar-refractivity contribution in [1.82, 2.24) is 10.2 Å². The Labute approximate surface area is 163 Å². The van der Waals surface area contributed by atoms with Crippen LogP contribution in [0.2, 0.25) is 5.02 Å². The van der Waals surface area contributed by atoms with Crippen LogP contribution in [0, 0.1) is 0 Å². The Morgan fingerprint density at radius 2 is 1.89 bits per heavy atom. The lowest BCUT2D eigenvalue weighted by Gasteiger charge is -2.15. The van der Waals surface area contributed by atoms with Gasteiger partial charge in [0.1, 0.15) is 5.75 Å². The van der Waals surface area contributed by atoms with Crippen molar-refractivity contribution < 1.29 is 14.3 Å². The summed E-state index contributed by atoms with van der Waals surface area (Å²) in [5, 5.41) is 3.09. The lowest BCUT2D eigenvalue weighted by molar-refractivity contribution is -0.131. The number of methoxy groups -OCH3 is 1. The van der Waals surface area contributed by atoms with Crippen molar-refractivity contribution in [3.8, 4) is 5.75 Å². The summed E-state index contributed by atoms with van der Waals surface area (Å²) in [4.78, 5) is 26.6. The van der Waals surface area contributed by atoms with E-state index >= 15 is 0 Å². The standard InChI is InChI=1S/C20H22ClN3O3/c1-27-18-10-17(22)16(21)9-15(18)20(26)23-8-4-7-19(25)24-11-13-5-2-3-6-14(13)12-24/h2-3,5-6,9-10H,4,7-8,11-12,22H2,1H3,(H,23,26). The third-order valence-electron chi connectivity index (χ3n) is 4.61. The summed E-state index contributed by atoms with van der Waals surface area (Å²) < 4.78 is 5.18. The SMILES string of the molecule is COc1cc(N)c(Cl)cc1C(=O)NCCCC(=O)N1Cc2ccccc2C1. The molecule has 142 valence electrons. The van der Waals surface area contributed by atoms with E-state index in [0.29, 0.717) is 54.5 Å². The molecule has 0 bridgehead atoms. The highest BCUT2D eigenvalue weighted by Crippen LogP contribution is 2.28. The van der Waals surface area contributed by atoms with Crippen LogP contribution in [0.1, 0.15) is 34.3 Å². The van der Waals surface area contributed by atoms with Crippen LogP contribution < -0.4 is 15.8 Å². The van der Waals surface area contributed by atoms with Gasteiger partial charge < -0.3 is 20.7 Å². The average molecular weight is 388 g/mol. The Bertz CT molecular complexity index is 845. The number of nitrogen functional groups attached to an aromatic ring is 1. The zero-order valence-electron chi connectivity index (χ0n) is 15.1. The smallest absolute Gasteiger partial charge is 0.255 e. The molecule has 1 aliphatic rings. The first-order valence-electron chi connectivity index (χ1n) is 8.75. The Morgan fingerprint density at radius 1 is 1.22 bits per heavy atom. The molecule has 27 heavy (non-hydrogen) atoms. The van der Waals surface area contributed by atoms with Crippen LogP contribution in [0.5, 0.6) is 5.75 Å². The zero-order chi connectivity index (χ0) is 19.4. The van der Waals surface area contributed by atoms with E-state index in [9.17, 15) is 9.59 Å². The van der Waals surface area contributed by atoms with Crippen molar-refractivity contribution in [3.05, 3.63) is 58.1 Å². The number of amides is 2. The molecule has 0 radical (unpaired) electrons. The van der Waals surface area contributed by atoms with E-state index in [-0.39, 0.29) is 11.8 Å². The van der Waals surface area contributed by atoms with Crippen LogP contribution in [-0.2, 0) is 17.9 Å². The fourth-order valence-corrected chi connectivity index (χ4v) is 3.28. The first-order valence-corrected chi connectivity index (χ1v) is 9.13. The first-order chi connectivity index (χ1) is 13.0. The summed E-state index contributed by atoms with van der Waals surface area (Å²) >= 11 is 5.99. The molecular formula is C20H22ClN3O3. The number of carbonyl (C=O) groups is 2. The van der Waals surface area contributed by atoms with Gasteiger partial charge >= 0.3 is 0 Å². The fraction of sp³-hybridized carbons (Fsp3) is 0.300. The normalized spacial score (nSPS) is 12.6. The number of nitrogens with two attached hydrogens (primary N) is 1. The van der Waals surface area contributed by atoms with Gasteiger partial charge in [-0.05, 0) is 23.6 Å². The van der Waals surface area contributed by atoms with Gasteiger partial charge in [0.15, 0.2) is 0 Å². The molecule has 1 heterocycles. The van der Waals surface area contributed by atoms with Crippen molar-refractivity contribution in [2.75, 3.05) is 19.4 Å². The summed E-state index contributed by atoms with van der Waals surface area (Å²) in [7, 11) is 1.46. The van der Waals surface area contributed by atoms with Crippen molar-refractivity contribution >= 4 is 29.1 Å². The van der Waals surface area contributed by atoms with Crippen molar-refractivity contribution in [1.29, 1.82) is 0 Å². The number of rotatable bonds is 6. The Kier molecular flexibility index (Phi) is 5.86. The molecule has 2 amide bonds. The van der Waals surface area contributed by atoms with E-state index < -0.39 is 0 Å². The largest absolute Gasteiger partial charge is 0.496 e. The van der Waals surface area contributed by atoms with Gasteiger partial charge in [-0.2, -0.15) is 0 Å². The Hall–Kier alpha value is -2.73. The number of fused-ring (bicyclic) bond motifs is 1. The maximum Gasteiger partial charge on any atom is 0.255 e. The summed E-state index contributed by atoms with van der Waals surface area (Å²) in [6.07, 6.45) is 0.941. The summed E-state index contributed by atoms with van der Waals surface area (Å²) in [5.41, 5.74) is 8.79. The molecule has 0 fully saturated rings. The third-order valence-corrected chi connectivity index (χ3v) is 4.94. The van der Waals surface area contributed by atoms with Gasteiger partial charge in [-0.1, -0.05) is 35.9 Å². The van der Waals surface area contributed by atoms with Gasteiger partial charge in [-0.3, -0.25) is 9.59 Å². The number of hydrogen-bond donors (Lipinski definition) is 2. The predicted octanol–water partition coefficient (Wildman–Crippen LogP) is 2.98. The number of nitrogens with zero attached hydrogens (tertiary/aromatic N) is 1. The van der Waals surface area contributed by atoms with E-state index in [4.69, 9.17) is 22.1 Å². The molecule has 0 aliphatic carbocycles. The maximum absolute atomic E-state index is 12.4.